The molecule has 3 nitrogen and oxygen atoms in total. The first kappa shape index (κ1) is 7.80. The molecular weight excluding hydrogens is 152 g/mol. The number of hydrogen-bond donors (Lipinski definition) is 1. The summed E-state index contributed by atoms with van der Waals surface area (Å²) in [7, 11) is 0. The van der Waals surface area contributed by atoms with Gasteiger partial charge < -0.3 is 5.11 Å². The summed E-state index contributed by atoms with van der Waals surface area (Å²) in [5, 5.41) is 14.0. The first-order valence-electron chi connectivity index (χ1n) is 4.33. The van der Waals surface area contributed by atoms with Crippen molar-refractivity contribution >= 4 is 0 Å². The van der Waals surface area contributed by atoms with E-state index in [-0.39, 0.29) is 6.04 Å². The van der Waals surface area contributed by atoms with Crippen LogP contribution in [0.3, 0.4) is 0 Å². The van der Waals surface area contributed by atoms with Crippen LogP contribution in [0.2, 0.25) is 0 Å². The summed E-state index contributed by atoms with van der Waals surface area (Å²) in [5.41, 5.74) is 0.607. The lowest BCUT2D eigenvalue weighted by Gasteiger charge is -2.42. The molecule has 0 saturated heterocycles. The molecule has 0 amide bonds. The molecule has 3 heteroatoms. The van der Waals surface area contributed by atoms with Crippen LogP contribution in [0.1, 0.15) is 31.4 Å². The maximum absolute atomic E-state index is 9.77. The summed E-state index contributed by atoms with van der Waals surface area (Å²) < 4.78 is 1.87. The van der Waals surface area contributed by atoms with Gasteiger partial charge in [-0.05, 0) is 32.3 Å². The van der Waals surface area contributed by atoms with E-state index in [0.717, 1.165) is 18.4 Å². The van der Waals surface area contributed by atoms with Crippen molar-refractivity contribution in [2.45, 2.75) is 38.3 Å². The van der Waals surface area contributed by atoms with Crippen LogP contribution in [0, 0.1) is 6.92 Å². The zero-order chi connectivity index (χ0) is 8.77. The molecule has 0 aliphatic heterocycles. The van der Waals surface area contributed by atoms with E-state index < -0.39 is 5.60 Å². The summed E-state index contributed by atoms with van der Waals surface area (Å²) in [6.07, 6.45) is 5.73. The molecule has 1 aromatic heterocycles. The van der Waals surface area contributed by atoms with Crippen LogP contribution in [0.5, 0.6) is 0 Å². The summed E-state index contributed by atoms with van der Waals surface area (Å²) in [5.74, 6) is 0. The van der Waals surface area contributed by atoms with Crippen molar-refractivity contribution in [3.8, 4) is 0 Å². The number of aliphatic hydroxyl groups is 1. The molecule has 1 fully saturated rings. The Morgan fingerprint density at radius 2 is 2.50 bits per heavy atom. The average Bonchev–Trinajstić information content (AvgIpc) is 2.34. The first-order valence-corrected chi connectivity index (χ1v) is 4.33. The first-order chi connectivity index (χ1) is 5.59. The predicted octanol–water partition coefficient (Wildman–Crippen LogP) is 1.28. The van der Waals surface area contributed by atoms with Gasteiger partial charge in [-0.1, -0.05) is 0 Å². The van der Waals surface area contributed by atoms with E-state index in [0.29, 0.717) is 0 Å². The van der Waals surface area contributed by atoms with Crippen LogP contribution in [-0.4, -0.2) is 20.5 Å². The maximum atomic E-state index is 9.77. The zero-order valence-corrected chi connectivity index (χ0v) is 7.49. The van der Waals surface area contributed by atoms with E-state index in [2.05, 4.69) is 5.10 Å². The number of aryl methyl sites for hydroxylation is 1. The molecule has 1 aliphatic rings. The predicted molar refractivity (Wildman–Crippen MR) is 45.9 cm³/mol. The van der Waals surface area contributed by atoms with Crippen molar-refractivity contribution in [1.29, 1.82) is 0 Å². The summed E-state index contributed by atoms with van der Waals surface area (Å²) in [6, 6.07) is 0.186. The highest BCUT2D eigenvalue weighted by atomic mass is 16.3. The second kappa shape index (κ2) is 2.33. The van der Waals surface area contributed by atoms with Crippen LogP contribution in [-0.2, 0) is 0 Å². The Balaban J connectivity index is 2.21. The molecule has 66 valence electrons. The largest absolute Gasteiger partial charge is 0.388 e. The quantitative estimate of drug-likeness (QED) is 0.682. The molecule has 2 atom stereocenters. The number of rotatable bonds is 1. The Labute approximate surface area is 72.0 Å². The third-order valence-electron chi connectivity index (χ3n) is 2.69. The Morgan fingerprint density at radius 1 is 1.75 bits per heavy atom. The van der Waals surface area contributed by atoms with Crippen LogP contribution in [0.25, 0.3) is 0 Å². The van der Waals surface area contributed by atoms with Gasteiger partial charge in [0.25, 0.3) is 0 Å². The Bertz CT molecular complexity index is 290. The highest BCUT2D eigenvalue weighted by Crippen LogP contribution is 2.41. The van der Waals surface area contributed by atoms with Gasteiger partial charge in [0, 0.05) is 6.20 Å². The van der Waals surface area contributed by atoms with E-state index in [1.54, 1.807) is 0 Å². The van der Waals surface area contributed by atoms with E-state index >= 15 is 0 Å². The third kappa shape index (κ3) is 1.05. The fraction of sp³-hybridized carbons (Fsp3) is 0.667. The van der Waals surface area contributed by atoms with Gasteiger partial charge in [-0.3, -0.25) is 4.68 Å². The Hall–Kier alpha value is -0.830. The standard InChI is InChI=1S/C9H14N2O/c1-7-5-10-11(6-7)8-3-4-9(8,2)12/h5-6,8,12H,3-4H2,1-2H3/t8-,9-/m0/s1. The van der Waals surface area contributed by atoms with Crippen molar-refractivity contribution < 1.29 is 5.11 Å². The average molecular weight is 166 g/mol. The van der Waals surface area contributed by atoms with E-state index in [1.165, 1.54) is 0 Å². The van der Waals surface area contributed by atoms with Crippen LogP contribution >= 0.6 is 0 Å². The highest BCUT2D eigenvalue weighted by Gasteiger charge is 2.42. The van der Waals surface area contributed by atoms with Crippen molar-refractivity contribution in [3.63, 3.8) is 0 Å². The Morgan fingerprint density at radius 3 is 2.83 bits per heavy atom. The zero-order valence-electron chi connectivity index (χ0n) is 7.49. The lowest BCUT2D eigenvalue weighted by atomic mass is 9.76. The molecule has 1 aliphatic carbocycles. The fourth-order valence-corrected chi connectivity index (χ4v) is 1.71. The second-order valence-corrected chi connectivity index (χ2v) is 3.91. The lowest BCUT2D eigenvalue weighted by Crippen LogP contribution is -2.45. The number of nitrogens with zero attached hydrogens (tertiary/aromatic N) is 2. The summed E-state index contributed by atoms with van der Waals surface area (Å²) in [6.45, 7) is 3.88. The van der Waals surface area contributed by atoms with Gasteiger partial charge in [0.1, 0.15) is 0 Å². The molecule has 1 aromatic rings. The summed E-state index contributed by atoms with van der Waals surface area (Å²) in [4.78, 5) is 0. The van der Waals surface area contributed by atoms with Gasteiger partial charge in [0.05, 0.1) is 17.8 Å². The van der Waals surface area contributed by atoms with Crippen molar-refractivity contribution in [1.82, 2.24) is 9.78 Å². The molecule has 12 heavy (non-hydrogen) atoms. The van der Waals surface area contributed by atoms with Gasteiger partial charge >= 0.3 is 0 Å². The maximum Gasteiger partial charge on any atom is 0.0843 e. The molecule has 0 bridgehead atoms. The van der Waals surface area contributed by atoms with Gasteiger partial charge in [-0.15, -0.1) is 0 Å². The van der Waals surface area contributed by atoms with Crippen LogP contribution in [0.15, 0.2) is 12.4 Å². The number of hydrogen-bond acceptors (Lipinski definition) is 2. The topological polar surface area (TPSA) is 38.0 Å². The minimum Gasteiger partial charge on any atom is -0.388 e. The van der Waals surface area contributed by atoms with Crippen LogP contribution in [0.4, 0.5) is 0 Å². The molecule has 0 aromatic carbocycles. The lowest BCUT2D eigenvalue weighted by molar-refractivity contribution is -0.0737. The van der Waals surface area contributed by atoms with Gasteiger partial charge in [0.15, 0.2) is 0 Å². The SMILES string of the molecule is Cc1cnn([C@H]2CC[C@]2(C)O)c1. The second-order valence-electron chi connectivity index (χ2n) is 3.91. The molecule has 1 saturated carbocycles. The monoisotopic (exact) mass is 166 g/mol. The molecule has 0 radical (unpaired) electrons. The van der Waals surface area contributed by atoms with Gasteiger partial charge in [-0.25, -0.2) is 0 Å². The highest BCUT2D eigenvalue weighted by molar-refractivity contribution is 5.05. The molecule has 2 rings (SSSR count). The van der Waals surface area contributed by atoms with E-state index in [4.69, 9.17) is 0 Å². The minimum atomic E-state index is -0.543. The molecule has 1 heterocycles. The molecule has 1 N–H and O–H groups in total. The van der Waals surface area contributed by atoms with Crippen LogP contribution < -0.4 is 0 Å². The minimum absolute atomic E-state index is 0.186. The van der Waals surface area contributed by atoms with Crippen molar-refractivity contribution in [2.24, 2.45) is 0 Å². The van der Waals surface area contributed by atoms with E-state index in [9.17, 15) is 5.11 Å². The molecule has 0 spiro atoms. The third-order valence-corrected chi connectivity index (χ3v) is 2.69. The summed E-state index contributed by atoms with van der Waals surface area (Å²) >= 11 is 0. The van der Waals surface area contributed by atoms with E-state index in [1.807, 2.05) is 30.9 Å². The van der Waals surface area contributed by atoms with Gasteiger partial charge in [-0.2, -0.15) is 5.10 Å². The normalized spacial score (nSPS) is 34.8. The molecular formula is C9H14N2O. The smallest absolute Gasteiger partial charge is 0.0843 e. The number of aromatic nitrogens is 2. The molecule has 0 unspecified atom stereocenters. The van der Waals surface area contributed by atoms with Crippen molar-refractivity contribution in [2.75, 3.05) is 0 Å². The van der Waals surface area contributed by atoms with Crippen molar-refractivity contribution in [3.05, 3.63) is 18.0 Å². The Kier molecular flexibility index (Phi) is 1.51. The fourth-order valence-electron chi connectivity index (χ4n) is 1.71. The van der Waals surface area contributed by atoms with Gasteiger partial charge in [0.2, 0.25) is 0 Å².